The first-order chi connectivity index (χ1) is 8.48. The van der Waals surface area contributed by atoms with Crippen LogP contribution in [0.3, 0.4) is 0 Å². The second-order valence-electron chi connectivity index (χ2n) is 6.24. The highest BCUT2D eigenvalue weighted by Gasteiger charge is 2.47. The number of benzene rings is 1. The molecule has 0 unspecified atom stereocenters. The van der Waals surface area contributed by atoms with Gasteiger partial charge >= 0.3 is 0 Å². The summed E-state index contributed by atoms with van der Waals surface area (Å²) in [7, 11) is 2.19. The molecule has 0 radical (unpaired) electrons. The number of hydrogen-bond acceptors (Lipinski definition) is 2. The van der Waals surface area contributed by atoms with Gasteiger partial charge in [0.2, 0.25) is 0 Å². The van der Waals surface area contributed by atoms with Crippen LogP contribution in [-0.4, -0.2) is 19.1 Å². The van der Waals surface area contributed by atoms with Crippen LogP contribution >= 0.6 is 0 Å². The fourth-order valence-electron chi connectivity index (χ4n) is 3.08. The van der Waals surface area contributed by atoms with Crippen LogP contribution in [0, 0.1) is 18.8 Å². The Bertz CT molecular complexity index is 405. The summed E-state index contributed by atoms with van der Waals surface area (Å²) in [6.45, 7) is 7.53. The van der Waals surface area contributed by atoms with Gasteiger partial charge in [-0.25, -0.2) is 0 Å². The first-order valence-corrected chi connectivity index (χ1v) is 6.99. The van der Waals surface area contributed by atoms with Crippen molar-refractivity contribution in [3.8, 4) is 0 Å². The largest absolute Gasteiger partial charge is 0.368 e. The van der Waals surface area contributed by atoms with Crippen LogP contribution in [0.15, 0.2) is 24.3 Å². The van der Waals surface area contributed by atoms with Crippen molar-refractivity contribution in [1.82, 2.24) is 0 Å². The average Bonchev–Trinajstić information content (AvgIpc) is 2.27. The van der Waals surface area contributed by atoms with Crippen LogP contribution in [0.1, 0.15) is 32.3 Å². The zero-order valence-corrected chi connectivity index (χ0v) is 12.1. The van der Waals surface area contributed by atoms with Crippen molar-refractivity contribution in [3.63, 3.8) is 0 Å². The maximum Gasteiger partial charge on any atom is 0.0526 e. The SMILES string of the molecule is Cc1cccc(N(C)C2(CN)CC(C(C)C)C2)c1. The van der Waals surface area contributed by atoms with E-state index < -0.39 is 0 Å². The van der Waals surface area contributed by atoms with Gasteiger partial charge in [-0.2, -0.15) is 0 Å². The Balaban J connectivity index is 2.15. The van der Waals surface area contributed by atoms with Gasteiger partial charge in [-0.05, 0) is 49.3 Å². The van der Waals surface area contributed by atoms with Gasteiger partial charge in [0.05, 0.1) is 5.54 Å². The molecule has 2 N–H and O–H groups in total. The summed E-state index contributed by atoms with van der Waals surface area (Å²) in [5.41, 5.74) is 8.85. The van der Waals surface area contributed by atoms with E-state index in [2.05, 4.69) is 57.0 Å². The molecule has 1 aliphatic rings. The van der Waals surface area contributed by atoms with E-state index in [-0.39, 0.29) is 5.54 Å². The number of likely N-dealkylation sites (N-methyl/N-ethyl adjacent to an activating group) is 1. The summed E-state index contributed by atoms with van der Waals surface area (Å²) in [6, 6.07) is 8.71. The fraction of sp³-hybridized carbons (Fsp3) is 0.625. The zero-order chi connectivity index (χ0) is 13.3. The summed E-state index contributed by atoms with van der Waals surface area (Å²) in [6.07, 6.45) is 2.46. The molecule has 0 spiro atoms. The van der Waals surface area contributed by atoms with E-state index in [0.29, 0.717) is 0 Å². The molecule has 1 aliphatic carbocycles. The molecule has 2 heteroatoms. The minimum absolute atomic E-state index is 0.183. The van der Waals surface area contributed by atoms with Gasteiger partial charge in [-0.1, -0.05) is 26.0 Å². The molecule has 0 atom stereocenters. The van der Waals surface area contributed by atoms with Crippen molar-refractivity contribution < 1.29 is 0 Å². The molecule has 2 nitrogen and oxygen atoms in total. The molecule has 0 aromatic heterocycles. The van der Waals surface area contributed by atoms with Gasteiger partial charge in [-0.15, -0.1) is 0 Å². The molecule has 0 heterocycles. The van der Waals surface area contributed by atoms with Gasteiger partial charge in [-0.3, -0.25) is 0 Å². The van der Waals surface area contributed by atoms with Crippen molar-refractivity contribution in [1.29, 1.82) is 0 Å². The predicted molar refractivity (Wildman–Crippen MR) is 78.9 cm³/mol. The van der Waals surface area contributed by atoms with E-state index in [4.69, 9.17) is 5.73 Å². The maximum atomic E-state index is 6.07. The second kappa shape index (κ2) is 4.93. The minimum Gasteiger partial charge on any atom is -0.368 e. The predicted octanol–water partition coefficient (Wildman–Crippen LogP) is 3.19. The van der Waals surface area contributed by atoms with Gasteiger partial charge in [0, 0.05) is 19.3 Å². The Morgan fingerprint density at radius 2 is 2.06 bits per heavy atom. The second-order valence-corrected chi connectivity index (χ2v) is 6.24. The summed E-state index contributed by atoms with van der Waals surface area (Å²) >= 11 is 0. The van der Waals surface area contributed by atoms with Gasteiger partial charge < -0.3 is 10.6 Å². The molecule has 18 heavy (non-hydrogen) atoms. The number of rotatable bonds is 4. The van der Waals surface area contributed by atoms with Crippen LogP contribution in [0.25, 0.3) is 0 Å². The van der Waals surface area contributed by atoms with E-state index in [1.807, 2.05) is 0 Å². The topological polar surface area (TPSA) is 29.3 Å². The molecule has 100 valence electrons. The van der Waals surface area contributed by atoms with E-state index >= 15 is 0 Å². The Labute approximate surface area is 111 Å². The molecule has 1 aromatic carbocycles. The van der Waals surface area contributed by atoms with Crippen LogP contribution < -0.4 is 10.6 Å². The lowest BCUT2D eigenvalue weighted by molar-refractivity contribution is 0.107. The summed E-state index contributed by atoms with van der Waals surface area (Å²) in [5, 5.41) is 0. The van der Waals surface area contributed by atoms with Crippen molar-refractivity contribution in [2.75, 3.05) is 18.5 Å². The highest BCUT2D eigenvalue weighted by molar-refractivity contribution is 5.51. The van der Waals surface area contributed by atoms with Gasteiger partial charge in [0.15, 0.2) is 0 Å². The molecule has 1 fully saturated rings. The third-order valence-corrected chi connectivity index (χ3v) is 4.71. The van der Waals surface area contributed by atoms with Gasteiger partial charge in [0.1, 0.15) is 0 Å². The monoisotopic (exact) mass is 246 g/mol. The summed E-state index contributed by atoms with van der Waals surface area (Å²) in [4.78, 5) is 2.40. The molecule has 0 amide bonds. The third-order valence-electron chi connectivity index (χ3n) is 4.71. The summed E-state index contributed by atoms with van der Waals surface area (Å²) in [5.74, 6) is 1.61. The van der Waals surface area contributed by atoms with Gasteiger partial charge in [0.25, 0.3) is 0 Å². The Morgan fingerprint density at radius 3 is 2.56 bits per heavy atom. The highest BCUT2D eigenvalue weighted by Crippen LogP contribution is 2.46. The van der Waals surface area contributed by atoms with Crippen LogP contribution in [-0.2, 0) is 0 Å². The third kappa shape index (κ3) is 2.26. The molecule has 1 aromatic rings. The molecule has 0 saturated heterocycles. The van der Waals surface area contributed by atoms with E-state index in [0.717, 1.165) is 18.4 Å². The van der Waals surface area contributed by atoms with Crippen molar-refractivity contribution in [2.24, 2.45) is 17.6 Å². The van der Waals surface area contributed by atoms with Crippen molar-refractivity contribution in [3.05, 3.63) is 29.8 Å². The number of nitrogens with two attached hydrogens (primary N) is 1. The molecule has 1 saturated carbocycles. The lowest BCUT2D eigenvalue weighted by Gasteiger charge is -2.55. The van der Waals surface area contributed by atoms with E-state index in [1.165, 1.54) is 24.1 Å². The first kappa shape index (κ1) is 13.4. The first-order valence-electron chi connectivity index (χ1n) is 6.99. The molecule has 0 aliphatic heterocycles. The van der Waals surface area contributed by atoms with Crippen molar-refractivity contribution in [2.45, 2.75) is 39.2 Å². The van der Waals surface area contributed by atoms with Crippen LogP contribution in [0.2, 0.25) is 0 Å². The summed E-state index contributed by atoms with van der Waals surface area (Å²) < 4.78 is 0. The maximum absolute atomic E-state index is 6.07. The molecule has 2 rings (SSSR count). The van der Waals surface area contributed by atoms with Crippen LogP contribution in [0.4, 0.5) is 5.69 Å². The molecule has 0 bridgehead atoms. The smallest absolute Gasteiger partial charge is 0.0526 e. The quantitative estimate of drug-likeness (QED) is 0.884. The standard InChI is InChI=1S/C16H26N2/c1-12(2)14-9-16(10-14,11-17)18(4)15-7-5-6-13(3)8-15/h5-8,12,14H,9-11,17H2,1-4H3. The normalized spacial score (nSPS) is 27.1. The van der Waals surface area contributed by atoms with E-state index in [9.17, 15) is 0 Å². The zero-order valence-electron chi connectivity index (χ0n) is 12.1. The minimum atomic E-state index is 0.183. The Morgan fingerprint density at radius 1 is 1.39 bits per heavy atom. The average molecular weight is 246 g/mol. The van der Waals surface area contributed by atoms with Crippen LogP contribution in [0.5, 0.6) is 0 Å². The highest BCUT2D eigenvalue weighted by atomic mass is 15.2. The lowest BCUT2D eigenvalue weighted by atomic mass is 9.63. The number of anilines is 1. The number of hydrogen-bond donors (Lipinski definition) is 1. The van der Waals surface area contributed by atoms with Crippen molar-refractivity contribution >= 4 is 5.69 Å². The fourth-order valence-corrected chi connectivity index (χ4v) is 3.08. The number of aryl methyl sites for hydroxylation is 1. The Hall–Kier alpha value is -1.02. The number of nitrogens with zero attached hydrogens (tertiary/aromatic N) is 1. The lowest BCUT2D eigenvalue weighted by Crippen LogP contribution is -2.61. The van der Waals surface area contributed by atoms with E-state index in [1.54, 1.807) is 0 Å². The molecular weight excluding hydrogens is 220 g/mol. The Kier molecular flexibility index (Phi) is 3.67. The molecular formula is C16H26N2.